The van der Waals surface area contributed by atoms with Crippen molar-refractivity contribution in [1.82, 2.24) is 0 Å². The van der Waals surface area contributed by atoms with E-state index in [1.165, 1.54) is 6.07 Å². The first-order valence-corrected chi connectivity index (χ1v) is 6.83. The number of rotatable bonds is 9. The summed E-state index contributed by atoms with van der Waals surface area (Å²) in [5.41, 5.74) is 6.56. The summed E-state index contributed by atoms with van der Waals surface area (Å²) >= 11 is 4.85. The van der Waals surface area contributed by atoms with Gasteiger partial charge in [0.15, 0.2) is 0 Å². The van der Waals surface area contributed by atoms with Gasteiger partial charge in [-0.05, 0) is 24.6 Å². The summed E-state index contributed by atoms with van der Waals surface area (Å²) in [6.07, 6.45) is 0.816. The van der Waals surface area contributed by atoms with E-state index in [2.05, 4.69) is 0 Å². The maximum atomic E-state index is 14.2. The summed E-state index contributed by atoms with van der Waals surface area (Å²) in [6.45, 7) is 2.48. The third-order valence-electron chi connectivity index (χ3n) is 2.91. The minimum atomic E-state index is -0.330. The van der Waals surface area contributed by atoms with Crippen LogP contribution in [0, 0.1) is 5.82 Å². The van der Waals surface area contributed by atoms with Crippen molar-refractivity contribution in [3.63, 3.8) is 0 Å². The Balaban J connectivity index is 2.85. The van der Waals surface area contributed by atoms with E-state index in [4.69, 9.17) is 27.4 Å². The summed E-state index contributed by atoms with van der Waals surface area (Å²) in [4.78, 5) is 2.12. The Morgan fingerprint density at radius 3 is 2.50 bits per heavy atom. The number of thiocarbonyl (C=S) groups is 1. The monoisotopic (exact) mass is 300 g/mol. The first-order chi connectivity index (χ1) is 9.60. The molecule has 0 fully saturated rings. The molecule has 1 aromatic rings. The molecule has 0 aliphatic carbocycles. The molecule has 0 aliphatic heterocycles. The van der Waals surface area contributed by atoms with E-state index >= 15 is 0 Å². The fourth-order valence-corrected chi connectivity index (χ4v) is 2.00. The predicted octanol–water partition coefficient (Wildman–Crippen LogP) is 1.95. The number of anilines is 1. The van der Waals surface area contributed by atoms with Crippen LogP contribution in [0.1, 0.15) is 12.0 Å². The van der Waals surface area contributed by atoms with Crippen molar-refractivity contribution < 1.29 is 13.9 Å². The molecule has 4 nitrogen and oxygen atoms in total. The first-order valence-electron chi connectivity index (χ1n) is 6.42. The summed E-state index contributed by atoms with van der Waals surface area (Å²) in [7, 11) is 3.27. The Hall–Kier alpha value is -1.24. The van der Waals surface area contributed by atoms with Gasteiger partial charge in [-0.3, -0.25) is 0 Å². The van der Waals surface area contributed by atoms with Gasteiger partial charge < -0.3 is 20.1 Å². The maximum Gasteiger partial charge on any atom is 0.147 e. The number of nitrogens with zero attached hydrogens (tertiary/aromatic N) is 1. The highest BCUT2D eigenvalue weighted by molar-refractivity contribution is 7.80. The van der Waals surface area contributed by atoms with Crippen molar-refractivity contribution in [2.75, 3.05) is 45.4 Å². The van der Waals surface area contributed by atoms with Crippen molar-refractivity contribution in [3.05, 3.63) is 29.6 Å². The van der Waals surface area contributed by atoms with Crippen LogP contribution >= 0.6 is 12.2 Å². The molecule has 20 heavy (non-hydrogen) atoms. The van der Waals surface area contributed by atoms with Crippen molar-refractivity contribution in [3.8, 4) is 0 Å². The Morgan fingerprint density at radius 1 is 1.25 bits per heavy atom. The average Bonchev–Trinajstić information content (AvgIpc) is 2.43. The van der Waals surface area contributed by atoms with Crippen LogP contribution in [-0.4, -0.2) is 45.5 Å². The van der Waals surface area contributed by atoms with E-state index in [0.717, 1.165) is 6.42 Å². The molecule has 6 heteroatoms. The third-order valence-corrected chi connectivity index (χ3v) is 3.15. The normalized spacial score (nSPS) is 10.6. The fraction of sp³-hybridized carbons (Fsp3) is 0.500. The molecular formula is C14H21FN2O2S. The number of hydrogen-bond acceptors (Lipinski definition) is 4. The lowest BCUT2D eigenvalue weighted by Crippen LogP contribution is -2.30. The maximum absolute atomic E-state index is 14.2. The predicted molar refractivity (Wildman–Crippen MR) is 82.9 cm³/mol. The van der Waals surface area contributed by atoms with Gasteiger partial charge in [0, 0.05) is 39.5 Å². The molecule has 0 saturated heterocycles. The van der Waals surface area contributed by atoms with E-state index in [-0.39, 0.29) is 10.8 Å². The Labute approximate surface area is 124 Å². The van der Waals surface area contributed by atoms with Crippen LogP contribution in [0.4, 0.5) is 10.1 Å². The second-order valence-corrected chi connectivity index (χ2v) is 4.80. The molecule has 1 rings (SSSR count). The second-order valence-electron chi connectivity index (χ2n) is 4.36. The Morgan fingerprint density at radius 2 is 1.95 bits per heavy atom. The van der Waals surface area contributed by atoms with Gasteiger partial charge in [0.2, 0.25) is 0 Å². The van der Waals surface area contributed by atoms with Gasteiger partial charge in [-0.15, -0.1) is 0 Å². The largest absolute Gasteiger partial charge is 0.389 e. The molecule has 0 heterocycles. The standard InChI is InChI=1S/C14H21FN2O2S/c1-18-8-3-6-17(7-9-19-2)13-5-4-11(14(16)20)10-12(13)15/h4-5,10H,3,6-9H2,1-2H3,(H2,16,20). The SMILES string of the molecule is COCCCN(CCOC)c1ccc(C(N)=S)cc1F. The minimum absolute atomic E-state index is 0.193. The summed E-state index contributed by atoms with van der Waals surface area (Å²) in [5.74, 6) is -0.330. The van der Waals surface area contributed by atoms with Crippen LogP contribution < -0.4 is 10.6 Å². The lowest BCUT2D eigenvalue weighted by Gasteiger charge is -2.25. The lowest BCUT2D eigenvalue weighted by molar-refractivity contribution is 0.191. The zero-order chi connectivity index (χ0) is 15.0. The molecule has 0 spiro atoms. The molecule has 0 unspecified atom stereocenters. The quantitative estimate of drug-likeness (QED) is 0.558. The van der Waals surface area contributed by atoms with Crippen LogP contribution in [0.15, 0.2) is 18.2 Å². The highest BCUT2D eigenvalue weighted by atomic mass is 32.1. The molecule has 0 radical (unpaired) electrons. The summed E-state index contributed by atoms with van der Waals surface area (Å²) in [6, 6.07) is 4.80. The molecule has 0 aliphatic rings. The van der Waals surface area contributed by atoms with E-state index in [0.29, 0.717) is 37.6 Å². The van der Waals surface area contributed by atoms with Crippen molar-refractivity contribution >= 4 is 22.9 Å². The number of ether oxygens (including phenoxy) is 2. The van der Waals surface area contributed by atoms with Crippen molar-refractivity contribution in [1.29, 1.82) is 0 Å². The number of nitrogens with two attached hydrogens (primary N) is 1. The number of halogens is 1. The second kappa shape index (κ2) is 8.84. The molecule has 0 aromatic heterocycles. The first kappa shape index (κ1) is 16.8. The van der Waals surface area contributed by atoms with E-state index < -0.39 is 0 Å². The van der Waals surface area contributed by atoms with Gasteiger partial charge in [-0.1, -0.05) is 12.2 Å². The van der Waals surface area contributed by atoms with Crippen LogP contribution in [0.5, 0.6) is 0 Å². The smallest absolute Gasteiger partial charge is 0.147 e. The van der Waals surface area contributed by atoms with Gasteiger partial charge in [0.1, 0.15) is 10.8 Å². The van der Waals surface area contributed by atoms with Gasteiger partial charge in [0.25, 0.3) is 0 Å². The summed E-state index contributed by atoms with van der Waals surface area (Å²) < 4.78 is 24.3. The van der Waals surface area contributed by atoms with Crippen LogP contribution in [-0.2, 0) is 9.47 Å². The van der Waals surface area contributed by atoms with Crippen LogP contribution in [0.2, 0.25) is 0 Å². The fourth-order valence-electron chi connectivity index (χ4n) is 1.87. The molecule has 0 atom stereocenters. The average molecular weight is 300 g/mol. The van der Waals surface area contributed by atoms with Crippen molar-refractivity contribution in [2.24, 2.45) is 5.73 Å². The Kier molecular flexibility index (Phi) is 7.43. The van der Waals surface area contributed by atoms with E-state index in [9.17, 15) is 4.39 Å². The third kappa shape index (κ3) is 5.03. The number of methoxy groups -OCH3 is 2. The number of hydrogen-bond donors (Lipinski definition) is 1. The molecular weight excluding hydrogens is 279 g/mol. The highest BCUT2D eigenvalue weighted by Gasteiger charge is 2.12. The molecule has 0 amide bonds. The molecule has 1 aromatic carbocycles. The van der Waals surface area contributed by atoms with Gasteiger partial charge >= 0.3 is 0 Å². The molecule has 0 bridgehead atoms. The summed E-state index contributed by atoms with van der Waals surface area (Å²) in [5, 5.41) is 0. The van der Waals surface area contributed by atoms with Crippen molar-refractivity contribution in [2.45, 2.75) is 6.42 Å². The van der Waals surface area contributed by atoms with Crippen LogP contribution in [0.3, 0.4) is 0 Å². The lowest BCUT2D eigenvalue weighted by atomic mass is 10.1. The van der Waals surface area contributed by atoms with E-state index in [1.54, 1.807) is 26.4 Å². The molecule has 112 valence electrons. The van der Waals surface area contributed by atoms with Gasteiger partial charge in [-0.25, -0.2) is 4.39 Å². The van der Waals surface area contributed by atoms with Gasteiger partial charge in [-0.2, -0.15) is 0 Å². The minimum Gasteiger partial charge on any atom is -0.389 e. The number of benzene rings is 1. The molecule has 0 saturated carbocycles. The zero-order valence-electron chi connectivity index (χ0n) is 11.9. The Bertz CT molecular complexity index is 443. The van der Waals surface area contributed by atoms with E-state index in [1.807, 2.05) is 4.90 Å². The van der Waals surface area contributed by atoms with Crippen LogP contribution in [0.25, 0.3) is 0 Å². The molecule has 2 N–H and O–H groups in total. The van der Waals surface area contributed by atoms with Gasteiger partial charge in [0.05, 0.1) is 12.3 Å². The highest BCUT2D eigenvalue weighted by Crippen LogP contribution is 2.21. The topological polar surface area (TPSA) is 47.7 Å². The zero-order valence-corrected chi connectivity index (χ0v) is 12.7.